The molecule has 2 atom stereocenters. The third-order valence-corrected chi connectivity index (χ3v) is 5.15. The van der Waals surface area contributed by atoms with E-state index in [0.717, 1.165) is 29.8 Å². The second-order valence-corrected chi connectivity index (χ2v) is 6.92. The second-order valence-electron chi connectivity index (χ2n) is 6.92. The summed E-state index contributed by atoms with van der Waals surface area (Å²) in [6.07, 6.45) is 0.940. The Morgan fingerprint density at radius 3 is 2.19 bits per heavy atom. The monoisotopic (exact) mass is 357 g/mol. The molecule has 0 bridgehead atoms. The molecule has 0 saturated carbocycles. The van der Waals surface area contributed by atoms with E-state index in [0.29, 0.717) is 6.61 Å². The Hall–Kier alpha value is -3.07. The largest absolute Gasteiger partial charge is 0.489 e. The summed E-state index contributed by atoms with van der Waals surface area (Å²) in [5.74, 6) is 1.00. The Bertz CT molecular complexity index is 875. The van der Waals surface area contributed by atoms with E-state index in [2.05, 4.69) is 29.6 Å². The van der Waals surface area contributed by atoms with E-state index in [1.54, 1.807) is 0 Å². The van der Waals surface area contributed by atoms with Crippen LogP contribution in [0.4, 0.5) is 0 Å². The number of nitrogens with one attached hydrogen (secondary N) is 1. The molecule has 0 aliphatic carbocycles. The topological polar surface area (TPSA) is 38.3 Å². The third-order valence-electron chi connectivity index (χ3n) is 5.15. The fourth-order valence-electron chi connectivity index (χ4n) is 3.77. The maximum Gasteiger partial charge on any atom is 0.228 e. The average Bonchev–Trinajstić information content (AvgIpc) is 2.74. The van der Waals surface area contributed by atoms with Crippen molar-refractivity contribution in [2.75, 3.05) is 6.54 Å². The Morgan fingerprint density at radius 1 is 0.815 bits per heavy atom. The van der Waals surface area contributed by atoms with Crippen molar-refractivity contribution in [2.24, 2.45) is 0 Å². The number of ether oxygens (including phenoxy) is 1. The van der Waals surface area contributed by atoms with Gasteiger partial charge in [-0.2, -0.15) is 0 Å². The highest BCUT2D eigenvalue weighted by molar-refractivity contribution is 5.85. The van der Waals surface area contributed by atoms with Gasteiger partial charge in [-0.1, -0.05) is 72.8 Å². The van der Waals surface area contributed by atoms with Crippen LogP contribution in [0.2, 0.25) is 0 Å². The van der Waals surface area contributed by atoms with Gasteiger partial charge in [-0.05, 0) is 35.2 Å². The summed E-state index contributed by atoms with van der Waals surface area (Å²) >= 11 is 0. The lowest BCUT2D eigenvalue weighted by Crippen LogP contribution is -2.39. The quantitative estimate of drug-likeness (QED) is 0.722. The first-order chi connectivity index (χ1) is 13.3. The van der Waals surface area contributed by atoms with Crippen molar-refractivity contribution in [2.45, 2.75) is 24.9 Å². The molecule has 3 nitrogen and oxygen atoms in total. The molecule has 3 aromatic carbocycles. The number of hydrogen-bond donors (Lipinski definition) is 1. The minimum absolute atomic E-state index is 0.113. The summed E-state index contributed by atoms with van der Waals surface area (Å²) in [4.78, 5) is 12.6. The smallest absolute Gasteiger partial charge is 0.228 e. The van der Waals surface area contributed by atoms with Gasteiger partial charge in [0.25, 0.3) is 0 Å². The van der Waals surface area contributed by atoms with E-state index in [4.69, 9.17) is 4.74 Å². The van der Waals surface area contributed by atoms with Crippen LogP contribution in [-0.4, -0.2) is 12.5 Å². The molecule has 27 heavy (non-hydrogen) atoms. The van der Waals surface area contributed by atoms with Crippen LogP contribution in [0.1, 0.15) is 34.9 Å². The van der Waals surface area contributed by atoms with E-state index in [1.165, 1.54) is 5.56 Å². The lowest BCUT2D eigenvalue weighted by Gasteiger charge is -2.32. The Morgan fingerprint density at radius 2 is 1.48 bits per heavy atom. The maximum absolute atomic E-state index is 12.6. The minimum atomic E-state index is -0.143. The van der Waals surface area contributed by atoms with E-state index in [1.807, 2.05) is 60.7 Å². The molecule has 0 unspecified atom stereocenters. The number of benzene rings is 3. The number of carbonyl (C=O) groups excluding carboxylic acids is 1. The van der Waals surface area contributed by atoms with Crippen molar-refractivity contribution < 1.29 is 9.53 Å². The molecule has 0 aromatic heterocycles. The van der Waals surface area contributed by atoms with Gasteiger partial charge in [0.15, 0.2) is 0 Å². The molecule has 1 aliphatic heterocycles. The summed E-state index contributed by atoms with van der Waals surface area (Å²) < 4.78 is 5.89. The van der Waals surface area contributed by atoms with Gasteiger partial charge in [-0.3, -0.25) is 4.79 Å². The molecule has 0 radical (unpaired) electrons. The molecule has 1 fully saturated rings. The molecule has 136 valence electrons. The van der Waals surface area contributed by atoms with Crippen molar-refractivity contribution in [3.8, 4) is 5.75 Å². The van der Waals surface area contributed by atoms with Crippen LogP contribution in [0, 0.1) is 0 Å². The standard InChI is InChI=1S/C24H23NO2/c26-24-23(20-9-5-2-6-10-20)22(15-16-25-24)19-11-13-21(14-12-19)27-17-18-7-3-1-4-8-18/h1-14,22-23H,15-17H2,(H,25,26)/t22-,23-/m1/s1. The molecular weight excluding hydrogens is 334 g/mol. The molecule has 3 heteroatoms. The van der Waals surface area contributed by atoms with Crippen LogP contribution in [-0.2, 0) is 11.4 Å². The van der Waals surface area contributed by atoms with Crippen molar-refractivity contribution in [3.05, 3.63) is 102 Å². The van der Waals surface area contributed by atoms with Crippen LogP contribution in [0.15, 0.2) is 84.9 Å². The Balaban J connectivity index is 1.50. The van der Waals surface area contributed by atoms with Crippen LogP contribution in [0.25, 0.3) is 0 Å². The number of hydrogen-bond acceptors (Lipinski definition) is 2. The third kappa shape index (κ3) is 4.03. The zero-order chi connectivity index (χ0) is 18.5. The van der Waals surface area contributed by atoms with Gasteiger partial charge in [0.05, 0.1) is 5.92 Å². The lowest BCUT2D eigenvalue weighted by molar-refractivity contribution is -0.124. The number of carbonyl (C=O) groups is 1. The zero-order valence-corrected chi connectivity index (χ0v) is 15.2. The minimum Gasteiger partial charge on any atom is -0.489 e. The van der Waals surface area contributed by atoms with Gasteiger partial charge in [0.2, 0.25) is 5.91 Å². The first kappa shape index (κ1) is 17.3. The van der Waals surface area contributed by atoms with Gasteiger partial charge >= 0.3 is 0 Å². The molecule has 1 amide bonds. The maximum atomic E-state index is 12.6. The Labute approximate surface area is 160 Å². The van der Waals surface area contributed by atoms with Gasteiger partial charge in [-0.15, -0.1) is 0 Å². The normalized spacial score (nSPS) is 19.3. The highest BCUT2D eigenvalue weighted by atomic mass is 16.5. The van der Waals surface area contributed by atoms with Crippen LogP contribution < -0.4 is 10.1 Å². The van der Waals surface area contributed by atoms with E-state index < -0.39 is 0 Å². The predicted octanol–water partition coefficient (Wildman–Crippen LogP) is 4.65. The molecule has 1 saturated heterocycles. The number of rotatable bonds is 5. The second kappa shape index (κ2) is 8.09. The highest BCUT2D eigenvalue weighted by Gasteiger charge is 2.34. The van der Waals surface area contributed by atoms with E-state index in [-0.39, 0.29) is 17.7 Å². The summed E-state index contributed by atoms with van der Waals surface area (Å²) in [5, 5.41) is 3.02. The predicted molar refractivity (Wildman–Crippen MR) is 107 cm³/mol. The van der Waals surface area contributed by atoms with Crippen LogP contribution in [0.3, 0.4) is 0 Å². The van der Waals surface area contributed by atoms with Crippen molar-refractivity contribution in [1.82, 2.24) is 5.32 Å². The van der Waals surface area contributed by atoms with E-state index in [9.17, 15) is 4.79 Å². The summed E-state index contributed by atoms with van der Waals surface area (Å²) in [5.41, 5.74) is 3.41. The van der Waals surface area contributed by atoms with Crippen molar-refractivity contribution in [3.63, 3.8) is 0 Å². The SMILES string of the molecule is O=C1NCC[C@H](c2ccc(OCc3ccccc3)cc2)[C@H]1c1ccccc1. The molecule has 3 aromatic rings. The first-order valence-electron chi connectivity index (χ1n) is 9.40. The summed E-state index contributed by atoms with van der Waals surface area (Å²) in [6, 6.07) is 28.4. The number of piperidine rings is 1. The molecule has 1 aliphatic rings. The van der Waals surface area contributed by atoms with Gasteiger partial charge < -0.3 is 10.1 Å². The number of amides is 1. The zero-order valence-electron chi connectivity index (χ0n) is 15.2. The fourth-order valence-corrected chi connectivity index (χ4v) is 3.77. The fraction of sp³-hybridized carbons (Fsp3) is 0.208. The molecule has 1 heterocycles. The molecule has 1 N–H and O–H groups in total. The molecular formula is C24H23NO2. The van der Waals surface area contributed by atoms with Gasteiger partial charge in [0.1, 0.15) is 12.4 Å². The highest BCUT2D eigenvalue weighted by Crippen LogP contribution is 2.38. The average molecular weight is 357 g/mol. The van der Waals surface area contributed by atoms with Gasteiger partial charge in [-0.25, -0.2) is 0 Å². The van der Waals surface area contributed by atoms with Gasteiger partial charge in [0, 0.05) is 12.5 Å². The van der Waals surface area contributed by atoms with E-state index >= 15 is 0 Å². The first-order valence-corrected chi connectivity index (χ1v) is 9.40. The molecule has 4 rings (SSSR count). The lowest BCUT2D eigenvalue weighted by atomic mass is 9.77. The Kier molecular flexibility index (Phi) is 5.20. The molecule has 0 spiro atoms. The van der Waals surface area contributed by atoms with Crippen LogP contribution >= 0.6 is 0 Å². The van der Waals surface area contributed by atoms with Crippen molar-refractivity contribution in [1.29, 1.82) is 0 Å². The van der Waals surface area contributed by atoms with Crippen LogP contribution in [0.5, 0.6) is 5.75 Å². The summed E-state index contributed by atoms with van der Waals surface area (Å²) in [6.45, 7) is 1.28. The summed E-state index contributed by atoms with van der Waals surface area (Å²) in [7, 11) is 0. The van der Waals surface area contributed by atoms with Crippen molar-refractivity contribution >= 4 is 5.91 Å².